The van der Waals surface area contributed by atoms with Gasteiger partial charge in [-0.05, 0) is 41.5 Å². The summed E-state index contributed by atoms with van der Waals surface area (Å²) in [5.74, 6) is 0. The van der Waals surface area contributed by atoms with Crippen molar-refractivity contribution < 1.29 is 13.3 Å². The first-order valence-electron chi connectivity index (χ1n) is 10.1. The molecule has 2 aromatic rings. The van der Waals surface area contributed by atoms with Crippen LogP contribution < -0.4 is 0 Å². The lowest BCUT2D eigenvalue weighted by molar-refractivity contribution is 0.129. The predicted molar refractivity (Wildman–Crippen MR) is 114 cm³/mol. The molecule has 6 heteroatoms. The van der Waals surface area contributed by atoms with Crippen LogP contribution >= 0.6 is 0 Å². The van der Waals surface area contributed by atoms with E-state index in [1.165, 1.54) is 0 Å². The molecule has 29 heavy (non-hydrogen) atoms. The van der Waals surface area contributed by atoms with Gasteiger partial charge in [0.25, 0.3) is 0 Å². The van der Waals surface area contributed by atoms with Crippen LogP contribution in [0.1, 0.15) is 51.2 Å². The molecule has 5 nitrogen and oxygen atoms in total. The fraction of sp³-hybridized carbons (Fsp3) is 0.435. The third kappa shape index (κ3) is 3.96. The quantitative estimate of drug-likeness (QED) is 0.680. The van der Waals surface area contributed by atoms with Crippen molar-refractivity contribution in [1.29, 1.82) is 0 Å². The first kappa shape index (κ1) is 20.1. The van der Waals surface area contributed by atoms with E-state index in [-0.39, 0.29) is 17.5 Å². The molecule has 2 aliphatic heterocycles. The Bertz CT molecular complexity index is 993. The summed E-state index contributed by atoms with van der Waals surface area (Å²) in [6.45, 7) is 6.75. The van der Waals surface area contributed by atoms with Crippen LogP contribution in [0.15, 0.2) is 64.6 Å². The molecular weight excluding hydrogens is 384 g/mol. The van der Waals surface area contributed by atoms with Gasteiger partial charge in [0.05, 0.1) is 16.6 Å². The van der Waals surface area contributed by atoms with Gasteiger partial charge in [0, 0.05) is 12.5 Å². The molecule has 2 aromatic carbocycles. The Morgan fingerprint density at radius 2 is 1.72 bits per heavy atom. The van der Waals surface area contributed by atoms with Gasteiger partial charge in [-0.25, -0.2) is 8.42 Å². The highest BCUT2D eigenvalue weighted by atomic mass is 32.2. The zero-order valence-electron chi connectivity index (χ0n) is 17.2. The lowest BCUT2D eigenvalue weighted by Crippen LogP contribution is -2.36. The smallest absolute Gasteiger partial charge is 0.243 e. The Hall–Kier alpha value is -2.18. The van der Waals surface area contributed by atoms with Crippen LogP contribution in [-0.4, -0.2) is 30.5 Å². The summed E-state index contributed by atoms with van der Waals surface area (Å²) >= 11 is 0. The SMILES string of the molecule is CC(C)(C)c1ccc(S(=O)(=O)N2C3CCC2/C(=N/OCc2ccccc2)C3)cc1. The number of oxime groups is 1. The average Bonchev–Trinajstić information content (AvgIpc) is 3.27. The third-order valence-electron chi connectivity index (χ3n) is 5.82. The molecule has 0 saturated carbocycles. The summed E-state index contributed by atoms with van der Waals surface area (Å²) in [5.41, 5.74) is 3.00. The number of hydrogen-bond acceptors (Lipinski definition) is 4. The Labute approximate surface area is 173 Å². The molecule has 2 atom stereocenters. The van der Waals surface area contributed by atoms with E-state index in [1.807, 2.05) is 42.5 Å². The number of hydrogen-bond donors (Lipinski definition) is 0. The summed E-state index contributed by atoms with van der Waals surface area (Å²) in [4.78, 5) is 5.90. The van der Waals surface area contributed by atoms with Crippen molar-refractivity contribution in [3.05, 3.63) is 65.7 Å². The molecule has 0 N–H and O–H groups in total. The van der Waals surface area contributed by atoms with E-state index in [4.69, 9.17) is 4.84 Å². The first-order chi connectivity index (χ1) is 13.8. The predicted octanol–water partition coefficient (Wildman–Crippen LogP) is 4.48. The maximum Gasteiger partial charge on any atom is 0.243 e. The lowest BCUT2D eigenvalue weighted by atomic mass is 9.87. The number of fused-ring (bicyclic) bond motifs is 2. The van der Waals surface area contributed by atoms with E-state index >= 15 is 0 Å². The van der Waals surface area contributed by atoms with Crippen molar-refractivity contribution in [1.82, 2.24) is 4.31 Å². The fourth-order valence-electron chi connectivity index (χ4n) is 4.22. The number of nitrogens with zero attached hydrogens (tertiary/aromatic N) is 2. The molecule has 2 fully saturated rings. The summed E-state index contributed by atoms with van der Waals surface area (Å²) in [6, 6.07) is 16.9. The largest absolute Gasteiger partial charge is 0.391 e. The van der Waals surface area contributed by atoms with E-state index in [0.29, 0.717) is 17.9 Å². The molecule has 0 radical (unpaired) electrons. The minimum atomic E-state index is -3.55. The molecule has 154 valence electrons. The van der Waals surface area contributed by atoms with Crippen molar-refractivity contribution in [2.24, 2.45) is 5.16 Å². The molecule has 2 unspecified atom stereocenters. The van der Waals surface area contributed by atoms with Crippen molar-refractivity contribution in [3.8, 4) is 0 Å². The van der Waals surface area contributed by atoms with Crippen LogP contribution in [0.2, 0.25) is 0 Å². The topological polar surface area (TPSA) is 59.0 Å². The summed E-state index contributed by atoms with van der Waals surface area (Å²) in [7, 11) is -3.55. The molecule has 4 rings (SSSR count). The van der Waals surface area contributed by atoms with Gasteiger partial charge in [0.2, 0.25) is 10.0 Å². The molecule has 2 saturated heterocycles. The molecule has 0 amide bonds. The second-order valence-electron chi connectivity index (χ2n) is 8.90. The molecule has 2 bridgehead atoms. The first-order valence-corrected chi connectivity index (χ1v) is 11.6. The Morgan fingerprint density at radius 1 is 1.03 bits per heavy atom. The normalized spacial score (nSPS) is 23.6. The second-order valence-corrected chi connectivity index (χ2v) is 10.7. The highest BCUT2D eigenvalue weighted by molar-refractivity contribution is 7.89. The number of sulfonamides is 1. The van der Waals surface area contributed by atoms with Gasteiger partial charge in [-0.15, -0.1) is 0 Å². The van der Waals surface area contributed by atoms with E-state index in [9.17, 15) is 8.42 Å². The minimum Gasteiger partial charge on any atom is -0.391 e. The van der Waals surface area contributed by atoms with E-state index in [1.54, 1.807) is 16.4 Å². The number of benzene rings is 2. The molecule has 0 aromatic heterocycles. The third-order valence-corrected chi connectivity index (χ3v) is 7.80. The zero-order chi connectivity index (χ0) is 20.6. The van der Waals surface area contributed by atoms with Crippen LogP contribution in [-0.2, 0) is 26.9 Å². The van der Waals surface area contributed by atoms with Gasteiger partial charge in [-0.1, -0.05) is 68.4 Å². The van der Waals surface area contributed by atoms with Gasteiger partial charge < -0.3 is 4.84 Å². The second kappa shape index (κ2) is 7.58. The molecule has 2 aliphatic rings. The van der Waals surface area contributed by atoms with Crippen LogP contribution in [0.5, 0.6) is 0 Å². The maximum atomic E-state index is 13.3. The Kier molecular flexibility index (Phi) is 5.25. The Balaban J connectivity index is 1.51. The number of rotatable bonds is 5. The monoisotopic (exact) mass is 412 g/mol. The summed E-state index contributed by atoms with van der Waals surface area (Å²) < 4.78 is 28.3. The standard InChI is InChI=1S/C23H28N2O3S/c1-23(2,3)18-9-12-20(13-10-18)29(26,27)25-19-11-14-22(25)21(15-19)24-28-16-17-7-5-4-6-8-17/h4-10,12-13,19,22H,11,14-16H2,1-3H3/b24-21+. The van der Waals surface area contributed by atoms with Crippen molar-refractivity contribution in [3.63, 3.8) is 0 Å². The van der Waals surface area contributed by atoms with E-state index in [2.05, 4.69) is 25.9 Å². The van der Waals surface area contributed by atoms with Crippen LogP contribution in [0, 0.1) is 0 Å². The van der Waals surface area contributed by atoms with Gasteiger partial charge in [-0.2, -0.15) is 4.31 Å². The van der Waals surface area contributed by atoms with Gasteiger partial charge in [0.1, 0.15) is 6.61 Å². The van der Waals surface area contributed by atoms with Crippen LogP contribution in [0.3, 0.4) is 0 Å². The van der Waals surface area contributed by atoms with Crippen molar-refractivity contribution >= 4 is 15.7 Å². The highest BCUT2D eigenvalue weighted by Gasteiger charge is 2.50. The summed E-state index contributed by atoms with van der Waals surface area (Å²) in [5, 5.41) is 4.32. The van der Waals surface area contributed by atoms with Gasteiger partial charge >= 0.3 is 0 Å². The highest BCUT2D eigenvalue weighted by Crippen LogP contribution is 2.40. The maximum absolute atomic E-state index is 13.3. The van der Waals surface area contributed by atoms with Crippen LogP contribution in [0.25, 0.3) is 0 Å². The van der Waals surface area contributed by atoms with Crippen molar-refractivity contribution in [2.45, 2.75) is 69.0 Å². The molecule has 0 aliphatic carbocycles. The summed E-state index contributed by atoms with van der Waals surface area (Å²) in [6.07, 6.45) is 2.33. The fourth-order valence-corrected chi connectivity index (χ4v) is 6.07. The van der Waals surface area contributed by atoms with Gasteiger partial charge in [-0.3, -0.25) is 0 Å². The van der Waals surface area contributed by atoms with Gasteiger partial charge in [0.15, 0.2) is 0 Å². The van der Waals surface area contributed by atoms with Crippen molar-refractivity contribution in [2.75, 3.05) is 0 Å². The Morgan fingerprint density at radius 3 is 2.38 bits per heavy atom. The average molecular weight is 413 g/mol. The van der Waals surface area contributed by atoms with Crippen LogP contribution in [0.4, 0.5) is 0 Å². The minimum absolute atomic E-state index is 0.00904. The molecular formula is C23H28N2O3S. The zero-order valence-corrected chi connectivity index (χ0v) is 18.0. The van der Waals surface area contributed by atoms with E-state index < -0.39 is 10.0 Å². The molecule has 0 spiro atoms. The van der Waals surface area contributed by atoms with E-state index in [0.717, 1.165) is 29.7 Å². The molecule has 2 heterocycles. The lowest BCUT2D eigenvalue weighted by Gasteiger charge is -2.23.